The lowest BCUT2D eigenvalue weighted by molar-refractivity contribution is -0.384. The van der Waals surface area contributed by atoms with Crippen molar-refractivity contribution in [2.24, 2.45) is 0 Å². The topological polar surface area (TPSA) is 93.5 Å². The molecule has 0 aliphatic heterocycles. The molecule has 28 heavy (non-hydrogen) atoms. The molecule has 2 aromatic carbocycles. The van der Waals surface area contributed by atoms with Crippen LogP contribution in [-0.4, -0.2) is 22.5 Å². The quantitative estimate of drug-likeness (QED) is 0.226. The van der Waals surface area contributed by atoms with Gasteiger partial charge in [-0.15, -0.1) is 0 Å². The van der Waals surface area contributed by atoms with E-state index in [2.05, 4.69) is 17.6 Å². The highest BCUT2D eigenvalue weighted by atomic mass is 32.1. The Bertz CT molecular complexity index is 866. The number of carbonyl (C=O) groups excluding carboxylic acids is 1. The maximum atomic E-state index is 12.0. The van der Waals surface area contributed by atoms with Gasteiger partial charge in [-0.1, -0.05) is 19.4 Å². The number of unbranched alkanes of at least 4 members (excludes halogenated alkanes) is 1. The second-order valence-corrected chi connectivity index (χ2v) is 6.26. The van der Waals surface area contributed by atoms with E-state index in [1.165, 1.54) is 18.2 Å². The average Bonchev–Trinajstić information content (AvgIpc) is 2.67. The van der Waals surface area contributed by atoms with Crippen LogP contribution in [0.1, 0.15) is 25.3 Å². The lowest BCUT2D eigenvalue weighted by Crippen LogP contribution is -2.32. The van der Waals surface area contributed by atoms with E-state index in [0.717, 1.165) is 18.6 Å². The van der Waals surface area contributed by atoms with Crippen LogP contribution in [0.5, 0.6) is 5.75 Å². The van der Waals surface area contributed by atoms with E-state index in [-0.39, 0.29) is 10.8 Å². The van der Waals surface area contributed by atoms with Gasteiger partial charge in [0.25, 0.3) is 5.69 Å². The number of non-ortho nitro benzene ring substituents is 1. The summed E-state index contributed by atoms with van der Waals surface area (Å²) in [5.74, 6) is 0.317. The maximum absolute atomic E-state index is 12.0. The molecule has 7 nitrogen and oxygen atoms in total. The van der Waals surface area contributed by atoms with Gasteiger partial charge in [-0.25, -0.2) is 0 Å². The zero-order chi connectivity index (χ0) is 20.4. The molecule has 0 spiro atoms. The largest absolute Gasteiger partial charge is 0.494 e. The predicted octanol–water partition coefficient (Wildman–Crippen LogP) is 4.30. The summed E-state index contributed by atoms with van der Waals surface area (Å²) < 4.78 is 5.64. The molecule has 0 saturated carbocycles. The molecule has 0 heterocycles. The van der Waals surface area contributed by atoms with E-state index >= 15 is 0 Å². The second kappa shape index (κ2) is 10.8. The summed E-state index contributed by atoms with van der Waals surface area (Å²) in [6.07, 6.45) is 4.89. The number of nitro benzene ring substituents is 1. The molecule has 8 heteroatoms. The molecule has 2 aromatic rings. The van der Waals surface area contributed by atoms with Crippen LogP contribution >= 0.6 is 12.2 Å². The van der Waals surface area contributed by atoms with Crippen molar-refractivity contribution in [2.45, 2.75) is 19.8 Å². The van der Waals surface area contributed by atoms with Gasteiger partial charge in [0.15, 0.2) is 5.11 Å². The predicted molar refractivity (Wildman–Crippen MR) is 113 cm³/mol. The lowest BCUT2D eigenvalue weighted by Gasteiger charge is -2.10. The van der Waals surface area contributed by atoms with E-state index in [4.69, 9.17) is 17.0 Å². The average molecular weight is 399 g/mol. The number of thiocarbonyl (C=S) groups is 1. The van der Waals surface area contributed by atoms with Crippen molar-refractivity contribution in [2.75, 3.05) is 11.9 Å². The molecule has 0 unspecified atom stereocenters. The van der Waals surface area contributed by atoms with Crippen molar-refractivity contribution in [1.29, 1.82) is 0 Å². The number of nitrogens with one attached hydrogen (secondary N) is 2. The normalized spacial score (nSPS) is 10.5. The van der Waals surface area contributed by atoms with Crippen molar-refractivity contribution in [3.8, 4) is 5.75 Å². The molecular weight excluding hydrogens is 378 g/mol. The van der Waals surface area contributed by atoms with Crippen LogP contribution < -0.4 is 15.4 Å². The zero-order valence-corrected chi connectivity index (χ0v) is 16.2. The molecule has 0 aromatic heterocycles. The number of carbonyl (C=O) groups is 1. The van der Waals surface area contributed by atoms with Gasteiger partial charge < -0.3 is 10.1 Å². The van der Waals surface area contributed by atoms with Crippen molar-refractivity contribution < 1.29 is 14.5 Å². The highest BCUT2D eigenvalue weighted by molar-refractivity contribution is 7.80. The molecule has 0 aliphatic rings. The molecule has 0 radical (unpaired) electrons. The molecule has 0 bridgehead atoms. The van der Waals surface area contributed by atoms with E-state index < -0.39 is 10.8 Å². The fraction of sp³-hybridized carbons (Fsp3) is 0.200. The summed E-state index contributed by atoms with van der Waals surface area (Å²) in [6.45, 7) is 2.74. The molecule has 146 valence electrons. The Labute approximate surface area is 168 Å². The molecule has 0 aliphatic carbocycles. The lowest BCUT2D eigenvalue weighted by atomic mass is 10.2. The van der Waals surface area contributed by atoms with Crippen LogP contribution in [0.3, 0.4) is 0 Å². The first-order chi connectivity index (χ1) is 13.5. The van der Waals surface area contributed by atoms with Gasteiger partial charge in [-0.05, 0) is 54.5 Å². The molecule has 0 atom stereocenters. The number of hydrogen-bond donors (Lipinski definition) is 2. The first-order valence-corrected chi connectivity index (χ1v) is 9.16. The van der Waals surface area contributed by atoms with E-state index in [1.807, 2.05) is 18.2 Å². The van der Waals surface area contributed by atoms with Gasteiger partial charge in [0.2, 0.25) is 5.91 Å². The minimum absolute atomic E-state index is 0.00659. The number of anilines is 1. The minimum atomic E-state index is -0.478. The smallest absolute Gasteiger partial charge is 0.269 e. The highest BCUT2D eigenvalue weighted by Crippen LogP contribution is 2.17. The summed E-state index contributed by atoms with van der Waals surface area (Å²) in [7, 11) is 0. The number of ether oxygens (including phenoxy) is 1. The molecule has 2 rings (SSSR count). The van der Waals surface area contributed by atoms with Gasteiger partial charge in [0, 0.05) is 30.0 Å². The summed E-state index contributed by atoms with van der Waals surface area (Å²) in [4.78, 5) is 22.1. The first kappa shape index (κ1) is 21.0. The maximum Gasteiger partial charge on any atom is 0.269 e. The van der Waals surface area contributed by atoms with E-state index in [0.29, 0.717) is 17.9 Å². The number of amides is 1. The van der Waals surface area contributed by atoms with Gasteiger partial charge in [-0.3, -0.25) is 20.2 Å². The van der Waals surface area contributed by atoms with Gasteiger partial charge in [0.05, 0.1) is 11.5 Å². The van der Waals surface area contributed by atoms with Crippen molar-refractivity contribution in [3.05, 3.63) is 70.3 Å². The van der Waals surface area contributed by atoms with Crippen LogP contribution in [0.25, 0.3) is 6.08 Å². The Hall–Kier alpha value is -3.26. The Balaban J connectivity index is 1.86. The SMILES string of the molecule is CCCCOc1cccc(NC(=S)NC(=O)/C=C/c2ccc([N+](=O)[O-])cc2)c1. The van der Waals surface area contributed by atoms with Crippen LogP contribution in [-0.2, 0) is 4.79 Å². The van der Waals surface area contributed by atoms with Crippen molar-refractivity contribution in [1.82, 2.24) is 5.32 Å². The third-order valence-corrected chi connectivity index (χ3v) is 3.83. The minimum Gasteiger partial charge on any atom is -0.494 e. The summed E-state index contributed by atoms with van der Waals surface area (Å²) in [5, 5.41) is 16.3. The van der Waals surface area contributed by atoms with Gasteiger partial charge >= 0.3 is 0 Å². The van der Waals surface area contributed by atoms with Crippen LogP contribution in [0.4, 0.5) is 11.4 Å². The number of hydrogen-bond acceptors (Lipinski definition) is 5. The van der Waals surface area contributed by atoms with Crippen molar-refractivity contribution >= 4 is 40.7 Å². The number of benzene rings is 2. The third kappa shape index (κ3) is 7.16. The fourth-order valence-electron chi connectivity index (χ4n) is 2.19. The standard InChI is InChI=1S/C20H21N3O4S/c1-2-3-13-27-18-6-4-5-16(14-18)21-20(28)22-19(24)12-9-15-7-10-17(11-8-15)23(25)26/h4-12,14H,2-3,13H2,1H3,(H2,21,22,24,28)/b12-9+. The summed E-state index contributed by atoms with van der Waals surface area (Å²) in [5.41, 5.74) is 1.36. The Morgan fingerprint density at radius 1 is 1.25 bits per heavy atom. The molecule has 0 saturated heterocycles. The van der Waals surface area contributed by atoms with Crippen LogP contribution in [0.2, 0.25) is 0 Å². The van der Waals surface area contributed by atoms with E-state index in [9.17, 15) is 14.9 Å². The Morgan fingerprint density at radius 3 is 2.68 bits per heavy atom. The van der Waals surface area contributed by atoms with Crippen molar-refractivity contribution in [3.63, 3.8) is 0 Å². The summed E-state index contributed by atoms with van der Waals surface area (Å²) >= 11 is 5.15. The zero-order valence-electron chi connectivity index (χ0n) is 15.4. The van der Waals surface area contributed by atoms with Crippen LogP contribution in [0.15, 0.2) is 54.6 Å². The van der Waals surface area contributed by atoms with E-state index in [1.54, 1.807) is 24.3 Å². The van der Waals surface area contributed by atoms with Crippen LogP contribution in [0, 0.1) is 10.1 Å². The third-order valence-electron chi connectivity index (χ3n) is 3.63. The molecule has 1 amide bonds. The Morgan fingerprint density at radius 2 is 2.00 bits per heavy atom. The van der Waals surface area contributed by atoms with Gasteiger partial charge in [0.1, 0.15) is 5.75 Å². The monoisotopic (exact) mass is 399 g/mol. The second-order valence-electron chi connectivity index (χ2n) is 5.86. The molecule has 2 N–H and O–H groups in total. The highest BCUT2D eigenvalue weighted by Gasteiger charge is 2.05. The number of nitrogens with zero attached hydrogens (tertiary/aromatic N) is 1. The fourth-order valence-corrected chi connectivity index (χ4v) is 2.41. The molecule has 0 fully saturated rings. The number of rotatable bonds is 8. The number of nitro groups is 1. The van der Waals surface area contributed by atoms with Gasteiger partial charge in [-0.2, -0.15) is 0 Å². The first-order valence-electron chi connectivity index (χ1n) is 8.75. The summed E-state index contributed by atoms with van der Waals surface area (Å²) in [6, 6.07) is 13.2. The molecular formula is C20H21N3O4S. The Kier molecular flexibility index (Phi) is 8.11.